The molecule has 5 nitrogen and oxygen atoms in total. The van der Waals surface area contributed by atoms with Crippen LogP contribution in [0, 0.1) is 0 Å². The van der Waals surface area contributed by atoms with Crippen LogP contribution in [-0.2, 0) is 11.3 Å². The second kappa shape index (κ2) is 8.88. The monoisotopic (exact) mass is 306 g/mol. The molecule has 0 saturated carbocycles. The van der Waals surface area contributed by atoms with Gasteiger partial charge in [0.25, 0.3) is 5.91 Å². The summed E-state index contributed by atoms with van der Waals surface area (Å²) in [4.78, 5) is 14.6. The van der Waals surface area contributed by atoms with E-state index < -0.39 is 0 Å². The zero-order valence-corrected chi connectivity index (χ0v) is 13.3. The molecular formula is C17H26N2O3. The molecule has 5 heteroatoms. The number of benzene rings is 1. The number of ether oxygens (including phenoxy) is 1. The molecule has 0 spiro atoms. The van der Waals surface area contributed by atoms with E-state index >= 15 is 0 Å². The lowest BCUT2D eigenvalue weighted by Gasteiger charge is -2.26. The SMILES string of the molecule is CCC(CCO)NC(=O)c1cccc(CN2CCOCC2)c1. The Bertz CT molecular complexity index is 473. The molecular weight excluding hydrogens is 280 g/mol. The Hall–Kier alpha value is -1.43. The third kappa shape index (κ3) is 5.09. The molecule has 1 aromatic rings. The molecule has 1 aromatic carbocycles. The van der Waals surface area contributed by atoms with Crippen LogP contribution < -0.4 is 5.32 Å². The van der Waals surface area contributed by atoms with Gasteiger partial charge in [-0.1, -0.05) is 19.1 Å². The predicted molar refractivity (Wildman–Crippen MR) is 85.8 cm³/mol. The predicted octanol–water partition coefficient (Wildman–Crippen LogP) is 1.41. The minimum absolute atomic E-state index is 0.0281. The van der Waals surface area contributed by atoms with Gasteiger partial charge in [-0.2, -0.15) is 0 Å². The van der Waals surface area contributed by atoms with Crippen molar-refractivity contribution in [3.05, 3.63) is 35.4 Å². The molecule has 1 heterocycles. The number of nitrogens with one attached hydrogen (secondary N) is 1. The van der Waals surface area contributed by atoms with E-state index in [1.54, 1.807) is 0 Å². The van der Waals surface area contributed by atoms with Gasteiger partial charge in [0.05, 0.1) is 13.2 Å². The number of carbonyl (C=O) groups is 1. The first-order valence-corrected chi connectivity index (χ1v) is 8.03. The molecule has 1 atom stereocenters. The van der Waals surface area contributed by atoms with Gasteiger partial charge < -0.3 is 15.2 Å². The van der Waals surface area contributed by atoms with E-state index in [1.165, 1.54) is 0 Å². The molecule has 0 aromatic heterocycles. The van der Waals surface area contributed by atoms with Gasteiger partial charge in [0, 0.05) is 37.8 Å². The van der Waals surface area contributed by atoms with Gasteiger partial charge in [-0.3, -0.25) is 9.69 Å². The maximum atomic E-state index is 12.3. The van der Waals surface area contributed by atoms with Gasteiger partial charge >= 0.3 is 0 Å². The quantitative estimate of drug-likeness (QED) is 0.799. The third-order valence-electron chi connectivity index (χ3n) is 4.00. The van der Waals surface area contributed by atoms with Gasteiger partial charge in [-0.05, 0) is 30.5 Å². The molecule has 2 N–H and O–H groups in total. The van der Waals surface area contributed by atoms with Crippen LogP contribution in [-0.4, -0.2) is 54.9 Å². The summed E-state index contributed by atoms with van der Waals surface area (Å²) < 4.78 is 5.35. The van der Waals surface area contributed by atoms with Gasteiger partial charge in [-0.25, -0.2) is 0 Å². The highest BCUT2D eigenvalue weighted by Crippen LogP contribution is 2.11. The van der Waals surface area contributed by atoms with Crippen molar-refractivity contribution in [1.82, 2.24) is 10.2 Å². The number of amides is 1. The normalized spacial score (nSPS) is 17.2. The van der Waals surface area contributed by atoms with Crippen LogP contribution in [0.3, 0.4) is 0 Å². The highest BCUT2D eigenvalue weighted by molar-refractivity contribution is 5.94. The van der Waals surface area contributed by atoms with Gasteiger partial charge in [0.15, 0.2) is 0 Å². The maximum Gasteiger partial charge on any atom is 0.251 e. The third-order valence-corrected chi connectivity index (χ3v) is 4.00. The Morgan fingerprint density at radius 1 is 1.41 bits per heavy atom. The maximum absolute atomic E-state index is 12.3. The number of hydrogen-bond donors (Lipinski definition) is 2. The minimum Gasteiger partial charge on any atom is -0.396 e. The summed E-state index contributed by atoms with van der Waals surface area (Å²) in [6.45, 7) is 6.37. The lowest BCUT2D eigenvalue weighted by molar-refractivity contribution is 0.0342. The number of morpholine rings is 1. The van der Waals surface area contributed by atoms with Crippen molar-refractivity contribution in [2.24, 2.45) is 0 Å². The molecule has 0 bridgehead atoms. The number of aliphatic hydroxyl groups excluding tert-OH is 1. The Morgan fingerprint density at radius 3 is 2.86 bits per heavy atom. The molecule has 1 saturated heterocycles. The first-order valence-electron chi connectivity index (χ1n) is 8.03. The largest absolute Gasteiger partial charge is 0.396 e. The van der Waals surface area contributed by atoms with Crippen molar-refractivity contribution in [3.8, 4) is 0 Å². The van der Waals surface area contributed by atoms with Crippen LogP contribution in [0.5, 0.6) is 0 Å². The number of aliphatic hydroxyl groups is 1. The first-order chi connectivity index (χ1) is 10.7. The summed E-state index contributed by atoms with van der Waals surface area (Å²) in [5.41, 5.74) is 1.83. The fraction of sp³-hybridized carbons (Fsp3) is 0.588. The Labute approximate surface area is 132 Å². The molecule has 1 amide bonds. The number of rotatable bonds is 7. The zero-order chi connectivity index (χ0) is 15.8. The summed E-state index contributed by atoms with van der Waals surface area (Å²) in [6.07, 6.45) is 1.41. The Balaban J connectivity index is 1.96. The first kappa shape index (κ1) is 16.9. The van der Waals surface area contributed by atoms with E-state index in [1.807, 2.05) is 25.1 Å². The van der Waals surface area contributed by atoms with E-state index in [4.69, 9.17) is 9.84 Å². The van der Waals surface area contributed by atoms with Crippen LogP contribution in [0.2, 0.25) is 0 Å². The minimum atomic E-state index is -0.0656. The topological polar surface area (TPSA) is 61.8 Å². The summed E-state index contributed by atoms with van der Waals surface area (Å²) in [5, 5.41) is 12.0. The summed E-state index contributed by atoms with van der Waals surface area (Å²) >= 11 is 0. The summed E-state index contributed by atoms with van der Waals surface area (Å²) in [6, 6.07) is 7.80. The van der Waals surface area contributed by atoms with E-state index in [0.29, 0.717) is 12.0 Å². The average Bonchev–Trinajstić information content (AvgIpc) is 2.55. The molecule has 1 aliphatic heterocycles. The van der Waals surface area contributed by atoms with E-state index in [0.717, 1.165) is 44.8 Å². The number of nitrogens with zero attached hydrogens (tertiary/aromatic N) is 1. The fourth-order valence-corrected chi connectivity index (χ4v) is 2.63. The number of hydrogen-bond acceptors (Lipinski definition) is 4. The summed E-state index contributed by atoms with van der Waals surface area (Å²) in [5.74, 6) is -0.0656. The van der Waals surface area contributed by atoms with Crippen molar-refractivity contribution in [2.45, 2.75) is 32.4 Å². The van der Waals surface area contributed by atoms with Crippen molar-refractivity contribution < 1.29 is 14.6 Å². The second-order valence-electron chi connectivity index (χ2n) is 5.68. The second-order valence-corrected chi connectivity index (χ2v) is 5.68. The average molecular weight is 306 g/mol. The molecule has 0 aliphatic carbocycles. The van der Waals surface area contributed by atoms with Gasteiger partial charge in [-0.15, -0.1) is 0 Å². The number of carbonyl (C=O) groups excluding carboxylic acids is 1. The molecule has 1 aliphatic rings. The highest BCUT2D eigenvalue weighted by atomic mass is 16.5. The standard InChI is InChI=1S/C17H26N2O3/c1-2-16(6-9-20)18-17(21)15-5-3-4-14(12-15)13-19-7-10-22-11-8-19/h3-5,12,16,20H,2,6-11,13H2,1H3,(H,18,21). The molecule has 1 fully saturated rings. The lowest BCUT2D eigenvalue weighted by Crippen LogP contribution is -2.36. The molecule has 2 rings (SSSR count). The smallest absolute Gasteiger partial charge is 0.251 e. The van der Waals surface area contributed by atoms with Crippen molar-refractivity contribution in [3.63, 3.8) is 0 Å². The molecule has 22 heavy (non-hydrogen) atoms. The summed E-state index contributed by atoms with van der Waals surface area (Å²) in [7, 11) is 0. The van der Waals surface area contributed by atoms with E-state index in [-0.39, 0.29) is 18.6 Å². The van der Waals surface area contributed by atoms with Crippen LogP contribution in [0.1, 0.15) is 35.7 Å². The molecule has 1 unspecified atom stereocenters. The van der Waals surface area contributed by atoms with E-state index in [2.05, 4.69) is 16.3 Å². The Morgan fingerprint density at radius 2 is 2.18 bits per heavy atom. The zero-order valence-electron chi connectivity index (χ0n) is 13.3. The van der Waals surface area contributed by atoms with Crippen LogP contribution >= 0.6 is 0 Å². The van der Waals surface area contributed by atoms with Gasteiger partial charge in [0.1, 0.15) is 0 Å². The van der Waals surface area contributed by atoms with Crippen molar-refractivity contribution >= 4 is 5.91 Å². The highest BCUT2D eigenvalue weighted by Gasteiger charge is 2.14. The van der Waals surface area contributed by atoms with Crippen LogP contribution in [0.15, 0.2) is 24.3 Å². The van der Waals surface area contributed by atoms with Crippen LogP contribution in [0.4, 0.5) is 0 Å². The van der Waals surface area contributed by atoms with Crippen molar-refractivity contribution in [1.29, 1.82) is 0 Å². The van der Waals surface area contributed by atoms with Gasteiger partial charge in [0.2, 0.25) is 0 Å². The lowest BCUT2D eigenvalue weighted by atomic mass is 10.1. The van der Waals surface area contributed by atoms with Crippen LogP contribution in [0.25, 0.3) is 0 Å². The Kier molecular flexibility index (Phi) is 6.83. The molecule has 0 radical (unpaired) electrons. The van der Waals surface area contributed by atoms with E-state index in [9.17, 15) is 4.79 Å². The van der Waals surface area contributed by atoms with Crippen molar-refractivity contribution in [2.75, 3.05) is 32.9 Å². The fourth-order valence-electron chi connectivity index (χ4n) is 2.63. The molecule has 122 valence electrons.